The van der Waals surface area contributed by atoms with Crippen molar-refractivity contribution in [2.45, 2.75) is 18.9 Å². The number of hydrogen-bond acceptors (Lipinski definition) is 4. The van der Waals surface area contributed by atoms with Crippen molar-refractivity contribution >= 4 is 5.91 Å². The lowest BCUT2D eigenvalue weighted by molar-refractivity contribution is 0.0891. The van der Waals surface area contributed by atoms with E-state index in [4.69, 9.17) is 4.74 Å². The summed E-state index contributed by atoms with van der Waals surface area (Å²) in [5.41, 5.74) is 2.86. The number of ether oxygens (including phenoxy) is 1. The average molecular weight is 405 g/mol. The molecule has 1 N–H and O–H groups in total. The van der Waals surface area contributed by atoms with E-state index in [1.807, 2.05) is 48.7 Å². The van der Waals surface area contributed by atoms with Crippen molar-refractivity contribution in [2.75, 3.05) is 27.2 Å². The summed E-state index contributed by atoms with van der Waals surface area (Å²) in [6.45, 7) is 1.72. The predicted octanol–water partition coefficient (Wildman–Crippen LogP) is 3.69. The molecular weight excluding hydrogens is 376 g/mol. The molecule has 156 valence electrons. The number of hydrogen-bond donors (Lipinski definition) is 1. The van der Waals surface area contributed by atoms with Gasteiger partial charge in [0.05, 0.1) is 12.8 Å². The van der Waals surface area contributed by atoms with Gasteiger partial charge in [0, 0.05) is 30.5 Å². The van der Waals surface area contributed by atoms with E-state index in [1.165, 1.54) is 5.56 Å². The van der Waals surface area contributed by atoms with Crippen molar-refractivity contribution in [1.82, 2.24) is 20.0 Å². The van der Waals surface area contributed by atoms with Gasteiger partial charge in [0.2, 0.25) is 0 Å². The van der Waals surface area contributed by atoms with Crippen LogP contribution in [0.5, 0.6) is 5.75 Å². The van der Waals surface area contributed by atoms with Crippen LogP contribution in [0.1, 0.15) is 34.8 Å². The number of methoxy groups -OCH3 is 1. The minimum absolute atomic E-state index is 0.0382. The highest BCUT2D eigenvalue weighted by molar-refractivity contribution is 5.94. The van der Waals surface area contributed by atoms with Gasteiger partial charge in [0.15, 0.2) is 0 Å². The molecule has 0 bridgehead atoms. The Kier molecular flexibility index (Phi) is 6.14. The molecule has 3 aromatic rings. The van der Waals surface area contributed by atoms with Crippen LogP contribution in [-0.4, -0.2) is 47.8 Å². The smallest absolute Gasteiger partial charge is 0.251 e. The Hall–Kier alpha value is -3.12. The molecule has 2 unspecified atom stereocenters. The van der Waals surface area contributed by atoms with Gasteiger partial charge < -0.3 is 10.1 Å². The van der Waals surface area contributed by atoms with Gasteiger partial charge in [-0.1, -0.05) is 12.1 Å². The van der Waals surface area contributed by atoms with E-state index in [2.05, 4.69) is 34.5 Å². The highest BCUT2D eigenvalue weighted by Gasteiger charge is 2.30. The SMILES string of the molecule is COc1ccc(C2C(CNC(=O)c3ccc(-n4cccn4)cc3)CCCN2C)cc1. The van der Waals surface area contributed by atoms with E-state index in [0.29, 0.717) is 18.0 Å². The number of amides is 1. The molecule has 1 saturated heterocycles. The standard InChI is InChI=1S/C24H28N4O2/c1-27-15-3-5-20(23(27)18-8-12-22(30-2)13-9-18)17-25-24(29)19-6-10-21(11-7-19)28-16-4-14-26-28/h4,6-14,16,20,23H,3,5,15,17H2,1-2H3,(H,25,29). The zero-order valence-corrected chi connectivity index (χ0v) is 17.5. The van der Waals surface area contributed by atoms with Crippen LogP contribution in [0.15, 0.2) is 67.0 Å². The van der Waals surface area contributed by atoms with Crippen LogP contribution in [-0.2, 0) is 0 Å². The van der Waals surface area contributed by atoms with Gasteiger partial charge in [-0.25, -0.2) is 4.68 Å². The summed E-state index contributed by atoms with van der Waals surface area (Å²) in [6, 6.07) is 18.0. The van der Waals surface area contributed by atoms with E-state index in [0.717, 1.165) is 30.8 Å². The fourth-order valence-electron chi connectivity index (χ4n) is 4.31. The van der Waals surface area contributed by atoms with Crippen LogP contribution >= 0.6 is 0 Å². The Balaban J connectivity index is 1.42. The molecule has 0 aliphatic carbocycles. The molecule has 2 aromatic carbocycles. The lowest BCUT2D eigenvalue weighted by Gasteiger charge is -2.39. The van der Waals surface area contributed by atoms with Crippen LogP contribution in [0, 0.1) is 5.92 Å². The molecule has 2 atom stereocenters. The molecule has 30 heavy (non-hydrogen) atoms. The zero-order chi connectivity index (χ0) is 20.9. The van der Waals surface area contributed by atoms with Crippen molar-refractivity contribution in [1.29, 1.82) is 0 Å². The molecule has 6 nitrogen and oxygen atoms in total. The number of rotatable bonds is 6. The van der Waals surface area contributed by atoms with Crippen molar-refractivity contribution < 1.29 is 9.53 Å². The van der Waals surface area contributed by atoms with Crippen molar-refractivity contribution in [3.63, 3.8) is 0 Å². The summed E-state index contributed by atoms with van der Waals surface area (Å²) in [4.78, 5) is 15.1. The van der Waals surface area contributed by atoms with Gasteiger partial charge in [-0.05, 0) is 80.4 Å². The third kappa shape index (κ3) is 4.39. The normalized spacial score (nSPS) is 19.4. The van der Waals surface area contributed by atoms with E-state index in [1.54, 1.807) is 18.0 Å². The van der Waals surface area contributed by atoms with Crippen LogP contribution in [0.3, 0.4) is 0 Å². The Morgan fingerprint density at radius 2 is 1.93 bits per heavy atom. The Morgan fingerprint density at radius 1 is 1.17 bits per heavy atom. The molecule has 2 heterocycles. The maximum atomic E-state index is 12.7. The van der Waals surface area contributed by atoms with Crippen molar-refractivity contribution in [3.05, 3.63) is 78.1 Å². The number of likely N-dealkylation sites (tertiary alicyclic amines) is 1. The molecular formula is C24H28N4O2. The molecule has 0 spiro atoms. The van der Waals surface area contributed by atoms with E-state index in [-0.39, 0.29) is 11.9 Å². The Labute approximate surface area is 177 Å². The quantitative estimate of drug-likeness (QED) is 0.681. The minimum atomic E-state index is -0.0382. The lowest BCUT2D eigenvalue weighted by atomic mass is 9.85. The number of nitrogens with zero attached hydrogens (tertiary/aromatic N) is 3. The van der Waals surface area contributed by atoms with Crippen molar-refractivity contribution in [3.8, 4) is 11.4 Å². The first-order valence-corrected chi connectivity index (χ1v) is 10.4. The van der Waals surface area contributed by atoms with Gasteiger partial charge in [-0.3, -0.25) is 9.69 Å². The fourth-order valence-corrected chi connectivity index (χ4v) is 4.31. The maximum Gasteiger partial charge on any atom is 0.251 e. The van der Waals surface area contributed by atoms with Gasteiger partial charge >= 0.3 is 0 Å². The topological polar surface area (TPSA) is 59.4 Å². The maximum absolute atomic E-state index is 12.7. The first-order valence-electron chi connectivity index (χ1n) is 10.4. The molecule has 1 aliphatic rings. The number of carbonyl (C=O) groups excluding carboxylic acids is 1. The molecule has 1 amide bonds. The minimum Gasteiger partial charge on any atom is -0.497 e. The lowest BCUT2D eigenvalue weighted by Crippen LogP contribution is -2.41. The summed E-state index contributed by atoms with van der Waals surface area (Å²) in [7, 11) is 3.85. The van der Waals surface area contributed by atoms with Gasteiger partial charge in [-0.15, -0.1) is 0 Å². The summed E-state index contributed by atoms with van der Waals surface area (Å²) >= 11 is 0. The second kappa shape index (κ2) is 9.13. The van der Waals surface area contributed by atoms with E-state index < -0.39 is 0 Å². The number of piperidine rings is 1. The Bertz CT molecular complexity index is 952. The number of benzene rings is 2. The largest absolute Gasteiger partial charge is 0.497 e. The monoisotopic (exact) mass is 404 g/mol. The summed E-state index contributed by atoms with van der Waals surface area (Å²) in [6.07, 6.45) is 5.86. The molecule has 1 aromatic heterocycles. The molecule has 4 rings (SSSR count). The van der Waals surface area contributed by atoms with Crippen LogP contribution in [0.4, 0.5) is 0 Å². The Morgan fingerprint density at radius 3 is 2.60 bits per heavy atom. The third-order valence-corrected chi connectivity index (χ3v) is 5.89. The van der Waals surface area contributed by atoms with E-state index in [9.17, 15) is 4.79 Å². The summed E-state index contributed by atoms with van der Waals surface area (Å²) < 4.78 is 7.07. The fraction of sp³-hybridized carbons (Fsp3) is 0.333. The second-order valence-corrected chi connectivity index (χ2v) is 7.81. The summed E-state index contributed by atoms with van der Waals surface area (Å²) in [5, 5.41) is 7.37. The molecule has 1 aliphatic heterocycles. The molecule has 0 radical (unpaired) electrons. The highest BCUT2D eigenvalue weighted by Crippen LogP contribution is 2.35. The average Bonchev–Trinajstić information content (AvgIpc) is 3.33. The van der Waals surface area contributed by atoms with Gasteiger partial charge in [0.1, 0.15) is 5.75 Å². The highest BCUT2D eigenvalue weighted by atomic mass is 16.5. The molecule has 6 heteroatoms. The number of carbonyl (C=O) groups is 1. The number of aromatic nitrogens is 2. The van der Waals surface area contributed by atoms with E-state index >= 15 is 0 Å². The van der Waals surface area contributed by atoms with Crippen LogP contribution in [0.25, 0.3) is 5.69 Å². The van der Waals surface area contributed by atoms with Gasteiger partial charge in [0.25, 0.3) is 5.91 Å². The zero-order valence-electron chi connectivity index (χ0n) is 17.5. The predicted molar refractivity (Wildman–Crippen MR) is 117 cm³/mol. The van der Waals surface area contributed by atoms with Crippen molar-refractivity contribution in [2.24, 2.45) is 5.92 Å². The first-order chi connectivity index (χ1) is 14.7. The first kappa shape index (κ1) is 20.2. The molecule has 1 fully saturated rings. The van der Waals surface area contributed by atoms with Gasteiger partial charge in [-0.2, -0.15) is 5.10 Å². The second-order valence-electron chi connectivity index (χ2n) is 7.81. The number of nitrogens with one attached hydrogen (secondary N) is 1. The molecule has 0 saturated carbocycles. The summed E-state index contributed by atoms with van der Waals surface area (Å²) in [5.74, 6) is 1.19. The van der Waals surface area contributed by atoms with Crippen LogP contribution < -0.4 is 10.1 Å². The third-order valence-electron chi connectivity index (χ3n) is 5.89. The van der Waals surface area contributed by atoms with Crippen LogP contribution in [0.2, 0.25) is 0 Å².